The van der Waals surface area contributed by atoms with Crippen LogP contribution in [0.15, 0.2) is 42.6 Å². The van der Waals surface area contributed by atoms with Crippen LogP contribution in [-0.2, 0) is 6.42 Å². The lowest BCUT2D eigenvalue weighted by Gasteiger charge is -2.17. The van der Waals surface area contributed by atoms with E-state index in [4.69, 9.17) is 16.3 Å². The molecule has 0 aliphatic rings. The number of hydrogen-bond donors (Lipinski definition) is 3. The van der Waals surface area contributed by atoms with Crippen LogP contribution in [0.5, 0.6) is 5.75 Å². The van der Waals surface area contributed by atoms with Gasteiger partial charge in [0.2, 0.25) is 5.95 Å². The molecule has 33 heavy (non-hydrogen) atoms. The molecule has 0 spiro atoms. The quantitative estimate of drug-likeness (QED) is 0.428. The number of nitrogens with zero attached hydrogens (tertiary/aromatic N) is 3. The molecule has 3 rings (SSSR count). The molecule has 1 amide bonds. The minimum Gasteiger partial charge on any atom is -0.495 e. The van der Waals surface area contributed by atoms with Crippen molar-refractivity contribution in [1.29, 1.82) is 0 Å². The third-order valence-electron chi connectivity index (χ3n) is 5.13. The molecule has 0 bridgehead atoms. The van der Waals surface area contributed by atoms with E-state index < -0.39 is 0 Å². The maximum atomic E-state index is 12.2. The van der Waals surface area contributed by atoms with Crippen molar-refractivity contribution in [2.75, 3.05) is 45.4 Å². The minimum absolute atomic E-state index is 0.212. The van der Waals surface area contributed by atoms with Gasteiger partial charge in [0, 0.05) is 13.6 Å². The van der Waals surface area contributed by atoms with Crippen LogP contribution in [-0.4, -0.2) is 55.6 Å². The van der Waals surface area contributed by atoms with Gasteiger partial charge in [0.05, 0.1) is 30.2 Å². The van der Waals surface area contributed by atoms with Crippen LogP contribution in [0, 0.1) is 6.92 Å². The summed E-state index contributed by atoms with van der Waals surface area (Å²) >= 11 is 6.34. The SMILES string of the molecule is CNC(=O)c1ccccc1Nc1nc(Nc2cc(C)c(CCN(C)C)cc2OC)ncc1Cl. The molecule has 0 aliphatic carbocycles. The summed E-state index contributed by atoms with van der Waals surface area (Å²) < 4.78 is 5.61. The summed E-state index contributed by atoms with van der Waals surface area (Å²) in [6.07, 6.45) is 2.43. The summed E-state index contributed by atoms with van der Waals surface area (Å²) in [5, 5.41) is 9.32. The number of anilines is 4. The van der Waals surface area contributed by atoms with Gasteiger partial charge in [0.1, 0.15) is 10.8 Å². The summed E-state index contributed by atoms with van der Waals surface area (Å²) in [6, 6.07) is 11.2. The predicted octanol–water partition coefficient (Wildman–Crippen LogP) is 4.40. The smallest absolute Gasteiger partial charge is 0.253 e. The number of aryl methyl sites for hydroxylation is 1. The van der Waals surface area contributed by atoms with Gasteiger partial charge in [-0.2, -0.15) is 4.98 Å². The average molecular weight is 469 g/mol. The molecule has 0 saturated carbocycles. The van der Waals surface area contributed by atoms with Gasteiger partial charge in [-0.25, -0.2) is 4.98 Å². The second-order valence-electron chi connectivity index (χ2n) is 7.80. The highest BCUT2D eigenvalue weighted by molar-refractivity contribution is 6.33. The van der Waals surface area contributed by atoms with Crippen LogP contribution in [0.4, 0.5) is 23.1 Å². The Morgan fingerprint density at radius 2 is 1.91 bits per heavy atom. The Morgan fingerprint density at radius 1 is 1.15 bits per heavy atom. The Kier molecular flexibility index (Phi) is 8.08. The average Bonchev–Trinajstić information content (AvgIpc) is 2.80. The van der Waals surface area contributed by atoms with Crippen LogP contribution >= 0.6 is 11.6 Å². The second-order valence-corrected chi connectivity index (χ2v) is 8.20. The van der Waals surface area contributed by atoms with E-state index in [1.54, 1.807) is 32.4 Å². The van der Waals surface area contributed by atoms with Crippen molar-refractivity contribution in [1.82, 2.24) is 20.2 Å². The van der Waals surface area contributed by atoms with Gasteiger partial charge >= 0.3 is 0 Å². The number of amides is 1. The third-order valence-corrected chi connectivity index (χ3v) is 5.41. The molecule has 0 saturated heterocycles. The number of aromatic nitrogens is 2. The predicted molar refractivity (Wildman–Crippen MR) is 133 cm³/mol. The third kappa shape index (κ3) is 6.12. The number of methoxy groups -OCH3 is 1. The monoisotopic (exact) mass is 468 g/mol. The first-order chi connectivity index (χ1) is 15.8. The highest BCUT2D eigenvalue weighted by atomic mass is 35.5. The van der Waals surface area contributed by atoms with Crippen LogP contribution < -0.4 is 20.7 Å². The van der Waals surface area contributed by atoms with Crippen molar-refractivity contribution < 1.29 is 9.53 Å². The molecular formula is C24H29ClN6O2. The molecule has 0 radical (unpaired) electrons. The van der Waals surface area contributed by atoms with Crippen molar-refractivity contribution in [2.45, 2.75) is 13.3 Å². The largest absolute Gasteiger partial charge is 0.495 e. The Balaban J connectivity index is 1.88. The highest BCUT2D eigenvalue weighted by Gasteiger charge is 2.14. The summed E-state index contributed by atoms with van der Waals surface area (Å²) in [5.74, 6) is 1.21. The number of hydrogen-bond acceptors (Lipinski definition) is 7. The van der Waals surface area contributed by atoms with E-state index in [2.05, 4.69) is 51.8 Å². The molecule has 3 aromatic rings. The summed E-state index contributed by atoms with van der Waals surface area (Å²) in [6.45, 7) is 3.02. The first-order valence-corrected chi connectivity index (χ1v) is 10.9. The van der Waals surface area contributed by atoms with Crippen LogP contribution in [0.2, 0.25) is 5.02 Å². The zero-order chi connectivity index (χ0) is 24.0. The number of halogens is 1. The molecule has 174 valence electrons. The van der Waals surface area contributed by atoms with Gasteiger partial charge < -0.3 is 25.6 Å². The summed E-state index contributed by atoms with van der Waals surface area (Å²) in [5.41, 5.74) is 4.18. The Labute approximate surface area is 199 Å². The summed E-state index contributed by atoms with van der Waals surface area (Å²) in [4.78, 5) is 23.2. The van der Waals surface area contributed by atoms with E-state index in [9.17, 15) is 4.79 Å². The van der Waals surface area contributed by atoms with Gasteiger partial charge in [0.25, 0.3) is 5.91 Å². The first-order valence-electron chi connectivity index (χ1n) is 10.5. The number of benzene rings is 2. The molecule has 0 aliphatic heterocycles. The zero-order valence-electron chi connectivity index (χ0n) is 19.5. The number of likely N-dealkylation sites (N-methyl/N-ethyl adjacent to an activating group) is 1. The van der Waals surface area contributed by atoms with Crippen molar-refractivity contribution in [2.24, 2.45) is 0 Å². The van der Waals surface area contributed by atoms with Crippen LogP contribution in [0.1, 0.15) is 21.5 Å². The Morgan fingerprint density at radius 3 is 2.61 bits per heavy atom. The van der Waals surface area contributed by atoms with E-state index in [1.165, 1.54) is 11.8 Å². The maximum absolute atomic E-state index is 12.2. The molecular weight excluding hydrogens is 440 g/mol. The molecule has 9 heteroatoms. The van der Waals surface area contributed by atoms with E-state index in [0.717, 1.165) is 24.2 Å². The topological polar surface area (TPSA) is 91.4 Å². The number of rotatable bonds is 9. The standard InChI is InChI=1S/C24H29ClN6O2/c1-15-12-20(21(33-5)13-16(15)10-11-31(3)4)29-24-27-14-18(25)22(30-24)28-19-9-7-6-8-17(19)23(32)26-2/h6-9,12-14H,10-11H2,1-5H3,(H,26,32)(H2,27,28,29,30). The minimum atomic E-state index is -0.212. The molecule has 0 fully saturated rings. The van der Waals surface area contributed by atoms with Gasteiger partial charge in [-0.3, -0.25) is 4.79 Å². The Bertz CT molecular complexity index is 1140. The van der Waals surface area contributed by atoms with E-state index in [1.807, 2.05) is 18.2 Å². The molecule has 0 atom stereocenters. The summed E-state index contributed by atoms with van der Waals surface area (Å²) in [7, 11) is 7.33. The number of nitrogens with one attached hydrogen (secondary N) is 3. The fraction of sp³-hybridized carbons (Fsp3) is 0.292. The molecule has 1 heterocycles. The van der Waals surface area contributed by atoms with Gasteiger partial charge in [-0.1, -0.05) is 23.7 Å². The lowest BCUT2D eigenvalue weighted by atomic mass is 10.0. The van der Waals surface area contributed by atoms with Crippen molar-refractivity contribution in [3.63, 3.8) is 0 Å². The molecule has 3 N–H and O–H groups in total. The lowest BCUT2D eigenvalue weighted by molar-refractivity contribution is 0.0964. The van der Waals surface area contributed by atoms with E-state index >= 15 is 0 Å². The fourth-order valence-electron chi connectivity index (χ4n) is 3.30. The maximum Gasteiger partial charge on any atom is 0.253 e. The normalized spacial score (nSPS) is 10.8. The van der Waals surface area contributed by atoms with Crippen molar-refractivity contribution >= 4 is 40.6 Å². The van der Waals surface area contributed by atoms with E-state index in [0.29, 0.717) is 33.8 Å². The fourth-order valence-corrected chi connectivity index (χ4v) is 3.44. The van der Waals surface area contributed by atoms with Crippen LogP contribution in [0.25, 0.3) is 0 Å². The molecule has 1 aromatic heterocycles. The number of ether oxygens (including phenoxy) is 1. The van der Waals surface area contributed by atoms with Gasteiger partial charge in [-0.15, -0.1) is 0 Å². The number of para-hydroxylation sites is 1. The van der Waals surface area contributed by atoms with Crippen molar-refractivity contribution in [3.8, 4) is 5.75 Å². The van der Waals surface area contributed by atoms with Crippen molar-refractivity contribution in [3.05, 3.63) is 64.3 Å². The van der Waals surface area contributed by atoms with Gasteiger partial charge in [0.15, 0.2) is 5.82 Å². The number of carbonyl (C=O) groups excluding carboxylic acids is 1. The van der Waals surface area contributed by atoms with Crippen LogP contribution in [0.3, 0.4) is 0 Å². The van der Waals surface area contributed by atoms with E-state index in [-0.39, 0.29) is 5.91 Å². The molecule has 0 unspecified atom stereocenters. The number of carbonyl (C=O) groups is 1. The molecule has 2 aromatic carbocycles. The zero-order valence-corrected chi connectivity index (χ0v) is 20.2. The Hall–Kier alpha value is -3.36. The highest BCUT2D eigenvalue weighted by Crippen LogP contribution is 2.32. The van der Waals surface area contributed by atoms with Gasteiger partial charge in [-0.05, 0) is 62.8 Å². The first kappa shape index (κ1) is 24.3. The second kappa shape index (κ2) is 11.0. The lowest BCUT2D eigenvalue weighted by Crippen LogP contribution is -2.19. The molecule has 8 nitrogen and oxygen atoms in total.